The molecule has 1 aliphatic rings. The second kappa shape index (κ2) is 2.41. The van der Waals surface area contributed by atoms with Gasteiger partial charge in [0.25, 0.3) is 0 Å². The van der Waals surface area contributed by atoms with Gasteiger partial charge in [0, 0.05) is 0 Å². The molecule has 50 valence electrons. The number of hydrogen-bond acceptors (Lipinski definition) is 3. The van der Waals surface area contributed by atoms with Gasteiger partial charge in [-0.25, -0.2) is 4.31 Å². The van der Waals surface area contributed by atoms with Crippen LogP contribution in [0.5, 0.6) is 0 Å². The Kier molecular flexibility index (Phi) is 1.78. The molecule has 1 heterocycles. The lowest BCUT2D eigenvalue weighted by atomic mass is 10.3. The summed E-state index contributed by atoms with van der Waals surface area (Å²) in [4.78, 5) is 10.3. The van der Waals surface area contributed by atoms with Gasteiger partial charge in [0.15, 0.2) is 0 Å². The Labute approximate surface area is 57.5 Å². The second-order valence-corrected chi connectivity index (χ2v) is 2.82. The zero-order chi connectivity index (χ0) is 6.85. The highest BCUT2D eigenvalue weighted by Gasteiger charge is 2.22. The Morgan fingerprint density at radius 2 is 2.56 bits per heavy atom. The second-order valence-electron chi connectivity index (χ2n) is 1.76. The van der Waals surface area contributed by atoms with E-state index in [-0.39, 0.29) is 0 Å². The molecule has 0 aliphatic carbocycles. The number of carboxylic acids is 1. The molecule has 0 fully saturated rings. The summed E-state index contributed by atoms with van der Waals surface area (Å²) >= 11 is 1.41. The molecule has 0 spiro atoms. The van der Waals surface area contributed by atoms with Crippen LogP contribution >= 0.6 is 11.9 Å². The molecule has 0 bridgehead atoms. The highest BCUT2D eigenvalue weighted by molar-refractivity contribution is 8.00. The van der Waals surface area contributed by atoms with E-state index in [9.17, 15) is 4.79 Å². The Morgan fingerprint density at radius 1 is 1.89 bits per heavy atom. The van der Waals surface area contributed by atoms with Crippen molar-refractivity contribution in [1.82, 2.24) is 4.31 Å². The third kappa shape index (κ3) is 1.25. The van der Waals surface area contributed by atoms with E-state index in [2.05, 4.69) is 0 Å². The summed E-state index contributed by atoms with van der Waals surface area (Å²) in [7, 11) is 1.75. The average molecular weight is 145 g/mol. The Bertz CT molecular complexity index is 157. The molecule has 0 saturated heterocycles. The van der Waals surface area contributed by atoms with Crippen LogP contribution in [-0.4, -0.2) is 28.5 Å². The molecule has 0 amide bonds. The van der Waals surface area contributed by atoms with Gasteiger partial charge in [-0.3, -0.25) is 4.79 Å². The van der Waals surface area contributed by atoms with Crippen molar-refractivity contribution in [3.8, 4) is 0 Å². The molecule has 0 aromatic heterocycles. The normalized spacial score (nSPS) is 27.0. The molecule has 1 rings (SSSR count). The van der Waals surface area contributed by atoms with Crippen LogP contribution in [0, 0.1) is 0 Å². The lowest BCUT2D eigenvalue weighted by Crippen LogP contribution is -2.28. The molecule has 9 heavy (non-hydrogen) atoms. The van der Waals surface area contributed by atoms with E-state index >= 15 is 0 Å². The van der Waals surface area contributed by atoms with E-state index in [4.69, 9.17) is 5.11 Å². The largest absolute Gasteiger partial charge is 0.480 e. The first-order valence-electron chi connectivity index (χ1n) is 2.51. The van der Waals surface area contributed by atoms with Gasteiger partial charge in [-0.1, -0.05) is 0 Å². The fraction of sp³-hybridized carbons (Fsp3) is 0.400. The summed E-state index contributed by atoms with van der Waals surface area (Å²) in [6.07, 6.45) is 1.66. The molecular formula is C5H7NO2S. The first-order chi connectivity index (χ1) is 4.22. The number of carboxylic acid groups (broad SMARTS) is 1. The monoisotopic (exact) mass is 145 g/mol. The Balaban J connectivity index is 2.59. The number of hydrogen-bond donors (Lipinski definition) is 1. The third-order valence-corrected chi connectivity index (χ3v) is 1.97. The van der Waals surface area contributed by atoms with E-state index < -0.39 is 12.0 Å². The van der Waals surface area contributed by atoms with Gasteiger partial charge in [0.1, 0.15) is 6.04 Å². The van der Waals surface area contributed by atoms with Gasteiger partial charge in [-0.2, -0.15) is 0 Å². The lowest BCUT2D eigenvalue weighted by molar-refractivity contribution is -0.139. The number of nitrogens with zero attached hydrogens (tertiary/aromatic N) is 1. The first-order valence-corrected chi connectivity index (χ1v) is 3.34. The zero-order valence-corrected chi connectivity index (χ0v) is 5.76. The predicted octanol–water partition coefficient (Wildman–Crippen LogP) is 0.547. The Hall–Kier alpha value is -0.480. The molecule has 1 aliphatic heterocycles. The smallest absolute Gasteiger partial charge is 0.325 e. The fourth-order valence-electron chi connectivity index (χ4n) is 0.630. The minimum absolute atomic E-state index is 0.435. The van der Waals surface area contributed by atoms with Gasteiger partial charge < -0.3 is 5.11 Å². The number of rotatable bonds is 1. The van der Waals surface area contributed by atoms with Gasteiger partial charge >= 0.3 is 5.97 Å². The minimum atomic E-state index is -0.793. The van der Waals surface area contributed by atoms with Crippen LogP contribution in [0.25, 0.3) is 0 Å². The summed E-state index contributed by atoms with van der Waals surface area (Å²) < 4.78 is 1.68. The number of carbonyl (C=O) groups is 1. The maximum absolute atomic E-state index is 10.3. The molecule has 0 aromatic rings. The quantitative estimate of drug-likeness (QED) is 0.547. The summed E-state index contributed by atoms with van der Waals surface area (Å²) in [5.41, 5.74) is 0. The zero-order valence-electron chi connectivity index (χ0n) is 4.94. The molecular weight excluding hydrogens is 138 g/mol. The Morgan fingerprint density at radius 3 is 2.78 bits per heavy atom. The van der Waals surface area contributed by atoms with Crippen molar-refractivity contribution < 1.29 is 9.90 Å². The molecule has 0 saturated carbocycles. The van der Waals surface area contributed by atoms with Crippen LogP contribution in [0.15, 0.2) is 11.5 Å². The van der Waals surface area contributed by atoms with Crippen LogP contribution < -0.4 is 0 Å². The lowest BCUT2D eigenvalue weighted by Gasteiger charge is -2.11. The van der Waals surface area contributed by atoms with E-state index in [1.807, 2.05) is 0 Å². The van der Waals surface area contributed by atoms with Crippen LogP contribution in [0.4, 0.5) is 0 Å². The highest BCUT2D eigenvalue weighted by atomic mass is 32.2. The van der Waals surface area contributed by atoms with Gasteiger partial charge in [-0.05, 0) is 30.5 Å². The minimum Gasteiger partial charge on any atom is -0.480 e. The van der Waals surface area contributed by atoms with E-state index in [1.165, 1.54) is 11.9 Å². The molecule has 3 nitrogen and oxygen atoms in total. The summed E-state index contributed by atoms with van der Waals surface area (Å²) in [5.74, 6) is -0.793. The topological polar surface area (TPSA) is 40.5 Å². The standard InChI is InChI=1S/C5H7NO2S/c1-6-4(5(7)8)2-3-9-6/h2-4H,1H3,(H,7,8). The van der Waals surface area contributed by atoms with Crippen molar-refractivity contribution in [1.29, 1.82) is 0 Å². The molecule has 0 aromatic carbocycles. The van der Waals surface area contributed by atoms with E-state index in [0.29, 0.717) is 0 Å². The van der Waals surface area contributed by atoms with Crippen LogP contribution in [-0.2, 0) is 4.79 Å². The SMILES string of the molecule is CN1SC=CC1C(=O)O. The van der Waals surface area contributed by atoms with Crippen molar-refractivity contribution in [3.05, 3.63) is 11.5 Å². The highest BCUT2D eigenvalue weighted by Crippen LogP contribution is 2.21. The summed E-state index contributed by atoms with van der Waals surface area (Å²) in [5, 5.41) is 10.3. The summed E-state index contributed by atoms with van der Waals surface area (Å²) in [6.45, 7) is 0. The first kappa shape index (κ1) is 6.64. The summed E-state index contributed by atoms with van der Waals surface area (Å²) in [6, 6.07) is -0.435. The van der Waals surface area contributed by atoms with Gasteiger partial charge in [-0.15, -0.1) is 0 Å². The van der Waals surface area contributed by atoms with Crippen LogP contribution in [0.1, 0.15) is 0 Å². The van der Waals surface area contributed by atoms with E-state index in [1.54, 1.807) is 22.8 Å². The molecule has 0 radical (unpaired) electrons. The third-order valence-electron chi connectivity index (χ3n) is 1.13. The van der Waals surface area contributed by atoms with E-state index in [0.717, 1.165) is 0 Å². The van der Waals surface area contributed by atoms with Crippen LogP contribution in [0.3, 0.4) is 0 Å². The average Bonchev–Trinajstić information content (AvgIpc) is 2.13. The van der Waals surface area contributed by atoms with Gasteiger partial charge in [0.2, 0.25) is 0 Å². The van der Waals surface area contributed by atoms with Crippen LogP contribution in [0.2, 0.25) is 0 Å². The maximum Gasteiger partial charge on any atom is 0.325 e. The number of likely N-dealkylation sites (N-methyl/N-ethyl adjacent to an activating group) is 1. The van der Waals surface area contributed by atoms with Crippen molar-refractivity contribution >= 4 is 17.9 Å². The van der Waals surface area contributed by atoms with Crippen molar-refractivity contribution in [3.63, 3.8) is 0 Å². The van der Waals surface area contributed by atoms with Gasteiger partial charge in [0.05, 0.1) is 0 Å². The molecule has 4 heteroatoms. The van der Waals surface area contributed by atoms with Crippen molar-refractivity contribution in [2.24, 2.45) is 0 Å². The van der Waals surface area contributed by atoms with Crippen molar-refractivity contribution in [2.45, 2.75) is 6.04 Å². The molecule has 1 atom stereocenters. The molecule has 1 N–H and O–H groups in total. The number of aliphatic carboxylic acids is 1. The maximum atomic E-state index is 10.3. The fourth-order valence-corrected chi connectivity index (χ4v) is 1.33. The predicted molar refractivity (Wildman–Crippen MR) is 35.9 cm³/mol. The van der Waals surface area contributed by atoms with Crippen molar-refractivity contribution in [2.75, 3.05) is 7.05 Å². The molecule has 1 unspecified atom stereocenters.